The fourth-order valence-electron chi connectivity index (χ4n) is 3.90. The minimum atomic E-state index is -4.44. The van der Waals surface area contributed by atoms with Crippen LogP contribution in [0.15, 0.2) is 6.33 Å². The summed E-state index contributed by atoms with van der Waals surface area (Å²) in [6.45, 7) is -1.10. The molecular weight excluding hydrogens is 491 g/mol. The molecule has 0 aromatic carbocycles. The SMILES string of the molecule is N#Cc1c(Cl)nc2c(ncn2[C@@H]2O[C@H](COCP(=O)(O)O)[C@@H](O)[C@H]2O)c1N1CCC(F)(F)C1. The maximum absolute atomic E-state index is 13.8. The van der Waals surface area contributed by atoms with Crippen LogP contribution in [0, 0.1) is 11.3 Å². The molecular formula is C17H19ClF2N5O7P. The molecule has 0 bridgehead atoms. The van der Waals surface area contributed by atoms with E-state index in [1.165, 1.54) is 15.8 Å². The number of aromatic nitrogens is 3. The van der Waals surface area contributed by atoms with Crippen molar-refractivity contribution in [2.75, 3.05) is 30.9 Å². The van der Waals surface area contributed by atoms with Crippen LogP contribution in [0.3, 0.4) is 0 Å². The first kappa shape index (κ1) is 24.2. The van der Waals surface area contributed by atoms with Gasteiger partial charge in [-0.2, -0.15) is 5.26 Å². The van der Waals surface area contributed by atoms with Gasteiger partial charge in [-0.05, 0) is 0 Å². The van der Waals surface area contributed by atoms with Gasteiger partial charge in [0.1, 0.15) is 41.8 Å². The zero-order valence-electron chi connectivity index (χ0n) is 16.8. The third-order valence-electron chi connectivity index (χ3n) is 5.39. The normalized spacial score (nSPS) is 27.4. The molecule has 0 aliphatic carbocycles. The standard InChI is InChI=1S/C17H19ClF2N5O7P/c18-14-8(3-21)11(24-2-1-17(19,20)5-24)10-15(23-14)25(6-22-10)16-13(27)12(26)9(32-16)4-31-7-33(28,29)30/h6,9,12-13,16,26-27H,1-2,4-5,7H2,(H2,28,29,30)/t9-,12-,13-,16-/m1/s1. The molecule has 0 radical (unpaired) electrons. The Morgan fingerprint density at radius 2 is 2.12 bits per heavy atom. The van der Waals surface area contributed by atoms with Gasteiger partial charge in [0, 0.05) is 13.0 Å². The van der Waals surface area contributed by atoms with E-state index in [2.05, 4.69) is 9.97 Å². The molecule has 4 heterocycles. The summed E-state index contributed by atoms with van der Waals surface area (Å²) in [5.41, 5.74) is 0.0686. The topological polar surface area (TPSA) is 174 Å². The predicted molar refractivity (Wildman–Crippen MR) is 108 cm³/mol. The molecule has 2 fully saturated rings. The molecule has 4 atom stereocenters. The first-order valence-electron chi connectivity index (χ1n) is 9.64. The Bertz CT molecular complexity index is 1150. The number of alkyl halides is 2. The summed E-state index contributed by atoms with van der Waals surface area (Å²) in [5.74, 6) is -2.95. The number of fused-ring (bicyclic) bond motifs is 1. The van der Waals surface area contributed by atoms with Gasteiger partial charge in [0.2, 0.25) is 0 Å². The van der Waals surface area contributed by atoms with Crippen molar-refractivity contribution in [2.45, 2.75) is 36.9 Å². The van der Waals surface area contributed by atoms with Gasteiger partial charge in [-0.3, -0.25) is 9.13 Å². The summed E-state index contributed by atoms with van der Waals surface area (Å²) < 4.78 is 50.3. The van der Waals surface area contributed by atoms with Gasteiger partial charge >= 0.3 is 7.60 Å². The second-order valence-corrected chi connectivity index (χ2v) is 9.75. The quantitative estimate of drug-likeness (QED) is 0.316. The van der Waals surface area contributed by atoms with Crippen molar-refractivity contribution in [3.63, 3.8) is 0 Å². The van der Waals surface area contributed by atoms with Crippen molar-refractivity contribution >= 4 is 36.0 Å². The molecule has 4 N–H and O–H groups in total. The molecule has 33 heavy (non-hydrogen) atoms. The van der Waals surface area contributed by atoms with E-state index in [0.717, 1.165) is 0 Å². The summed E-state index contributed by atoms with van der Waals surface area (Å²) >= 11 is 6.16. The maximum atomic E-state index is 13.8. The number of halogens is 3. The van der Waals surface area contributed by atoms with Crippen LogP contribution in [-0.4, -0.2) is 84.8 Å². The second kappa shape index (κ2) is 8.68. The van der Waals surface area contributed by atoms with Crippen LogP contribution in [0.4, 0.5) is 14.5 Å². The fraction of sp³-hybridized carbons (Fsp3) is 0.588. The van der Waals surface area contributed by atoms with E-state index in [1.807, 2.05) is 6.07 Å². The Morgan fingerprint density at radius 1 is 1.39 bits per heavy atom. The third-order valence-corrected chi connectivity index (χ3v) is 6.18. The summed E-state index contributed by atoms with van der Waals surface area (Å²) in [6.07, 6.45) is -5.49. The van der Waals surface area contributed by atoms with Crippen LogP contribution in [0.2, 0.25) is 5.15 Å². The smallest absolute Gasteiger partial charge is 0.350 e. The van der Waals surface area contributed by atoms with Crippen LogP contribution in [0.1, 0.15) is 18.2 Å². The highest BCUT2D eigenvalue weighted by molar-refractivity contribution is 7.51. The first-order valence-corrected chi connectivity index (χ1v) is 11.8. The van der Waals surface area contributed by atoms with Crippen molar-refractivity contribution in [1.82, 2.24) is 14.5 Å². The number of aliphatic hydroxyl groups excluding tert-OH is 2. The monoisotopic (exact) mass is 509 g/mol. The molecule has 0 amide bonds. The van der Waals surface area contributed by atoms with E-state index in [4.69, 9.17) is 30.9 Å². The number of ether oxygens (including phenoxy) is 2. The molecule has 180 valence electrons. The summed E-state index contributed by atoms with van der Waals surface area (Å²) in [7, 11) is -4.44. The van der Waals surface area contributed by atoms with Gasteiger partial charge in [-0.25, -0.2) is 18.7 Å². The van der Waals surface area contributed by atoms with Crippen LogP contribution in [0.25, 0.3) is 11.2 Å². The lowest BCUT2D eigenvalue weighted by molar-refractivity contribution is -0.0612. The summed E-state index contributed by atoms with van der Waals surface area (Å²) in [6, 6.07) is 1.87. The lowest BCUT2D eigenvalue weighted by Gasteiger charge is -2.21. The van der Waals surface area contributed by atoms with E-state index in [0.29, 0.717) is 0 Å². The van der Waals surface area contributed by atoms with E-state index in [1.54, 1.807) is 0 Å². The van der Waals surface area contributed by atoms with Gasteiger partial charge in [0.15, 0.2) is 17.0 Å². The van der Waals surface area contributed by atoms with Crippen molar-refractivity contribution in [3.05, 3.63) is 17.0 Å². The highest BCUT2D eigenvalue weighted by Crippen LogP contribution is 2.40. The Balaban J connectivity index is 1.67. The van der Waals surface area contributed by atoms with Crippen molar-refractivity contribution in [2.24, 2.45) is 0 Å². The van der Waals surface area contributed by atoms with Crippen LogP contribution >= 0.6 is 19.2 Å². The maximum Gasteiger partial charge on any atom is 0.350 e. The van der Waals surface area contributed by atoms with Crippen LogP contribution in [-0.2, 0) is 14.0 Å². The van der Waals surface area contributed by atoms with Gasteiger partial charge in [-0.15, -0.1) is 0 Å². The molecule has 2 aliphatic rings. The number of pyridine rings is 1. The lowest BCUT2D eigenvalue weighted by atomic mass is 10.1. The van der Waals surface area contributed by atoms with Crippen molar-refractivity contribution in [1.29, 1.82) is 5.26 Å². The fourth-order valence-corrected chi connectivity index (χ4v) is 4.46. The van der Waals surface area contributed by atoms with Gasteiger partial charge in [-0.1, -0.05) is 11.6 Å². The molecule has 12 nitrogen and oxygen atoms in total. The van der Waals surface area contributed by atoms with Crippen LogP contribution in [0.5, 0.6) is 0 Å². The number of anilines is 1. The van der Waals surface area contributed by atoms with Crippen molar-refractivity contribution < 1.29 is 42.8 Å². The minimum absolute atomic E-state index is 0.0252. The minimum Gasteiger partial charge on any atom is -0.387 e. The highest BCUT2D eigenvalue weighted by Gasteiger charge is 2.45. The number of aliphatic hydroxyl groups is 2. The molecule has 0 saturated carbocycles. The zero-order chi connectivity index (χ0) is 24.1. The number of hydrogen-bond acceptors (Lipinski definition) is 9. The summed E-state index contributed by atoms with van der Waals surface area (Å²) in [5, 5.41) is 30.0. The average Bonchev–Trinajstić information content (AvgIpc) is 3.37. The Labute approximate surface area is 190 Å². The molecule has 0 spiro atoms. The van der Waals surface area contributed by atoms with E-state index in [-0.39, 0.29) is 34.1 Å². The molecule has 2 saturated heterocycles. The number of hydrogen-bond donors (Lipinski definition) is 4. The second-order valence-electron chi connectivity index (χ2n) is 7.80. The molecule has 4 rings (SSSR count). The van der Waals surface area contributed by atoms with Crippen LogP contribution < -0.4 is 4.90 Å². The largest absolute Gasteiger partial charge is 0.387 e. The number of imidazole rings is 1. The number of rotatable bonds is 6. The Morgan fingerprint density at radius 3 is 2.73 bits per heavy atom. The predicted octanol–water partition coefficient (Wildman–Crippen LogP) is 0.573. The molecule has 2 aromatic rings. The van der Waals surface area contributed by atoms with E-state index >= 15 is 0 Å². The highest BCUT2D eigenvalue weighted by atomic mass is 35.5. The van der Waals surface area contributed by atoms with Gasteiger partial charge in [0.05, 0.1) is 25.2 Å². The molecule has 16 heteroatoms. The Kier molecular flexibility index (Phi) is 6.36. The Hall–Kier alpha value is -1.95. The van der Waals surface area contributed by atoms with E-state index in [9.17, 15) is 28.8 Å². The molecule has 2 aliphatic heterocycles. The summed E-state index contributed by atoms with van der Waals surface area (Å²) in [4.78, 5) is 27.3. The molecule has 0 unspecified atom stereocenters. The molecule has 2 aromatic heterocycles. The van der Waals surface area contributed by atoms with E-state index < -0.39 is 64.0 Å². The zero-order valence-corrected chi connectivity index (χ0v) is 18.4. The number of nitriles is 1. The lowest BCUT2D eigenvalue weighted by Crippen LogP contribution is -2.34. The van der Waals surface area contributed by atoms with Gasteiger partial charge < -0.3 is 34.4 Å². The van der Waals surface area contributed by atoms with Gasteiger partial charge in [0.25, 0.3) is 5.92 Å². The first-order chi connectivity index (χ1) is 15.4. The number of nitrogens with zero attached hydrogens (tertiary/aromatic N) is 5. The average molecular weight is 510 g/mol. The third kappa shape index (κ3) is 4.68. The van der Waals surface area contributed by atoms with Crippen molar-refractivity contribution in [3.8, 4) is 6.07 Å².